The van der Waals surface area contributed by atoms with Crippen molar-refractivity contribution in [1.29, 1.82) is 0 Å². The van der Waals surface area contributed by atoms with Crippen LogP contribution in [0.4, 0.5) is 11.4 Å². The highest BCUT2D eigenvalue weighted by atomic mass is 16.5. The van der Waals surface area contributed by atoms with Crippen LogP contribution in [0.5, 0.6) is 5.75 Å². The molecule has 3 rings (SSSR count). The summed E-state index contributed by atoms with van der Waals surface area (Å²) in [4.78, 5) is 26.5. The molecule has 130 valence electrons. The highest BCUT2D eigenvalue weighted by molar-refractivity contribution is 5.98. The molecule has 1 saturated heterocycles. The molecular formula is C18H25N3O3. The maximum absolute atomic E-state index is 12.8. The Morgan fingerprint density at radius 1 is 1.25 bits per heavy atom. The first-order valence-electron chi connectivity index (χ1n) is 8.66. The van der Waals surface area contributed by atoms with E-state index in [1.165, 1.54) is 6.42 Å². The third-order valence-corrected chi connectivity index (χ3v) is 4.56. The normalized spacial score (nSPS) is 19.2. The first-order chi connectivity index (χ1) is 11.5. The van der Waals surface area contributed by atoms with Crippen LogP contribution in [0.1, 0.15) is 33.1 Å². The second kappa shape index (κ2) is 7.21. The maximum Gasteiger partial charge on any atom is 0.262 e. The number of nitrogens with zero attached hydrogens (tertiary/aromatic N) is 1. The van der Waals surface area contributed by atoms with Crippen molar-refractivity contribution >= 4 is 23.2 Å². The fourth-order valence-electron chi connectivity index (χ4n) is 3.46. The van der Waals surface area contributed by atoms with Gasteiger partial charge in [0.25, 0.3) is 5.91 Å². The smallest absolute Gasteiger partial charge is 0.262 e. The van der Waals surface area contributed by atoms with Crippen molar-refractivity contribution in [2.45, 2.75) is 39.2 Å². The molecule has 0 aromatic heterocycles. The number of anilines is 2. The van der Waals surface area contributed by atoms with Crippen molar-refractivity contribution in [1.82, 2.24) is 4.90 Å². The molecule has 24 heavy (non-hydrogen) atoms. The Morgan fingerprint density at radius 3 is 2.71 bits per heavy atom. The fraction of sp³-hybridized carbons (Fsp3) is 0.556. The van der Waals surface area contributed by atoms with Crippen molar-refractivity contribution in [3.63, 3.8) is 0 Å². The molecule has 1 fully saturated rings. The molecule has 1 aromatic carbocycles. The number of hydrogen-bond donors (Lipinski definition) is 2. The summed E-state index contributed by atoms with van der Waals surface area (Å²) in [6.45, 7) is 6.15. The van der Waals surface area contributed by atoms with Crippen LogP contribution in [-0.4, -0.2) is 42.5 Å². The first-order valence-corrected chi connectivity index (χ1v) is 8.66. The molecule has 0 aliphatic carbocycles. The van der Waals surface area contributed by atoms with Gasteiger partial charge in [0.05, 0.1) is 11.7 Å². The highest BCUT2D eigenvalue weighted by Crippen LogP contribution is 2.30. The number of piperidine rings is 1. The number of amides is 2. The van der Waals surface area contributed by atoms with Crippen LogP contribution in [0, 0.1) is 5.92 Å². The molecule has 2 aliphatic rings. The number of benzene rings is 1. The van der Waals surface area contributed by atoms with Crippen LogP contribution in [-0.2, 0) is 9.59 Å². The van der Waals surface area contributed by atoms with Crippen LogP contribution < -0.4 is 15.4 Å². The summed E-state index contributed by atoms with van der Waals surface area (Å²) in [5.74, 6) is 0.696. The number of fused-ring (bicyclic) bond motifs is 1. The SMILES string of the molecule is CC(C)[C@@H](C(=O)Nc1ccc2c(c1)NC(=O)CO2)N1CCCCC1. The highest BCUT2D eigenvalue weighted by Gasteiger charge is 2.30. The molecule has 0 radical (unpaired) electrons. The van der Waals surface area contributed by atoms with E-state index in [1.54, 1.807) is 12.1 Å². The lowest BCUT2D eigenvalue weighted by Crippen LogP contribution is -2.49. The molecule has 0 spiro atoms. The second-order valence-corrected chi connectivity index (χ2v) is 6.82. The van der Waals surface area contributed by atoms with Gasteiger partial charge in [-0.2, -0.15) is 0 Å². The monoisotopic (exact) mass is 331 g/mol. The number of nitrogens with one attached hydrogen (secondary N) is 2. The molecule has 2 heterocycles. The lowest BCUT2D eigenvalue weighted by Gasteiger charge is -2.35. The average Bonchev–Trinajstić information content (AvgIpc) is 2.55. The molecule has 1 aromatic rings. The largest absolute Gasteiger partial charge is 0.482 e. The molecule has 2 N–H and O–H groups in total. The molecule has 1 atom stereocenters. The van der Waals surface area contributed by atoms with Gasteiger partial charge in [-0.05, 0) is 50.0 Å². The van der Waals surface area contributed by atoms with E-state index in [-0.39, 0.29) is 30.4 Å². The van der Waals surface area contributed by atoms with Gasteiger partial charge in [0.2, 0.25) is 5.91 Å². The number of ether oxygens (including phenoxy) is 1. The Morgan fingerprint density at radius 2 is 2.00 bits per heavy atom. The number of rotatable bonds is 4. The molecule has 0 unspecified atom stereocenters. The Labute approximate surface area is 142 Å². The van der Waals surface area contributed by atoms with Crippen LogP contribution in [0.3, 0.4) is 0 Å². The van der Waals surface area contributed by atoms with Gasteiger partial charge in [-0.1, -0.05) is 20.3 Å². The van der Waals surface area contributed by atoms with E-state index in [2.05, 4.69) is 29.4 Å². The Balaban J connectivity index is 1.72. The van der Waals surface area contributed by atoms with E-state index in [0.717, 1.165) is 25.9 Å². The molecule has 0 bridgehead atoms. The van der Waals surface area contributed by atoms with E-state index >= 15 is 0 Å². The van der Waals surface area contributed by atoms with Crippen LogP contribution >= 0.6 is 0 Å². The zero-order chi connectivity index (χ0) is 17.1. The summed E-state index contributed by atoms with van der Waals surface area (Å²) in [6, 6.07) is 5.20. The Bertz CT molecular complexity index is 624. The number of likely N-dealkylation sites (tertiary alicyclic amines) is 1. The second-order valence-electron chi connectivity index (χ2n) is 6.82. The molecule has 0 saturated carbocycles. The number of hydrogen-bond acceptors (Lipinski definition) is 4. The van der Waals surface area contributed by atoms with Crippen molar-refractivity contribution in [3.8, 4) is 5.75 Å². The van der Waals surface area contributed by atoms with Crippen LogP contribution in [0.15, 0.2) is 18.2 Å². The minimum Gasteiger partial charge on any atom is -0.482 e. The van der Waals surface area contributed by atoms with E-state index in [9.17, 15) is 9.59 Å². The molecular weight excluding hydrogens is 306 g/mol. The Hall–Kier alpha value is -2.08. The molecule has 2 aliphatic heterocycles. The summed E-state index contributed by atoms with van der Waals surface area (Å²) in [5, 5.41) is 5.76. The maximum atomic E-state index is 12.8. The van der Waals surface area contributed by atoms with Gasteiger partial charge in [-0.25, -0.2) is 0 Å². The van der Waals surface area contributed by atoms with E-state index in [1.807, 2.05) is 6.07 Å². The van der Waals surface area contributed by atoms with Crippen molar-refractivity contribution in [2.24, 2.45) is 5.92 Å². The number of carbonyl (C=O) groups excluding carboxylic acids is 2. The lowest BCUT2D eigenvalue weighted by molar-refractivity contribution is -0.123. The van der Waals surface area contributed by atoms with Gasteiger partial charge in [-0.3, -0.25) is 14.5 Å². The molecule has 6 nitrogen and oxygen atoms in total. The van der Waals surface area contributed by atoms with Crippen molar-refractivity contribution in [3.05, 3.63) is 18.2 Å². The third kappa shape index (κ3) is 3.70. The predicted molar refractivity (Wildman–Crippen MR) is 93.2 cm³/mol. The summed E-state index contributed by atoms with van der Waals surface area (Å²) >= 11 is 0. The standard InChI is InChI=1S/C18H25N3O3/c1-12(2)17(21-8-4-3-5-9-21)18(23)19-13-6-7-15-14(10-13)20-16(22)11-24-15/h6-7,10,12,17H,3-5,8-9,11H2,1-2H3,(H,19,23)(H,20,22)/t17-/m0/s1. The minimum atomic E-state index is -0.181. The first kappa shape index (κ1) is 16.8. The summed E-state index contributed by atoms with van der Waals surface area (Å²) in [5.41, 5.74) is 1.27. The minimum absolute atomic E-state index is 0.00917. The van der Waals surface area contributed by atoms with E-state index in [4.69, 9.17) is 4.74 Å². The lowest BCUT2D eigenvalue weighted by atomic mass is 9.98. The van der Waals surface area contributed by atoms with Crippen molar-refractivity contribution < 1.29 is 14.3 Å². The topological polar surface area (TPSA) is 70.7 Å². The van der Waals surface area contributed by atoms with Crippen molar-refractivity contribution in [2.75, 3.05) is 30.3 Å². The number of carbonyl (C=O) groups is 2. The summed E-state index contributed by atoms with van der Waals surface area (Å²) in [7, 11) is 0. The van der Waals surface area contributed by atoms with E-state index in [0.29, 0.717) is 17.1 Å². The van der Waals surface area contributed by atoms with E-state index < -0.39 is 0 Å². The van der Waals surface area contributed by atoms with Crippen LogP contribution in [0.25, 0.3) is 0 Å². The predicted octanol–water partition coefficient (Wildman–Crippen LogP) is 2.47. The average molecular weight is 331 g/mol. The molecule has 2 amide bonds. The van der Waals surface area contributed by atoms with Gasteiger partial charge >= 0.3 is 0 Å². The summed E-state index contributed by atoms with van der Waals surface area (Å²) in [6.07, 6.45) is 3.55. The van der Waals surface area contributed by atoms with Gasteiger partial charge in [-0.15, -0.1) is 0 Å². The zero-order valence-electron chi connectivity index (χ0n) is 14.3. The molecule has 6 heteroatoms. The van der Waals surface area contributed by atoms with Crippen LogP contribution in [0.2, 0.25) is 0 Å². The summed E-state index contributed by atoms with van der Waals surface area (Å²) < 4.78 is 5.34. The third-order valence-electron chi connectivity index (χ3n) is 4.56. The van der Waals surface area contributed by atoms with Gasteiger partial charge in [0, 0.05) is 5.69 Å². The van der Waals surface area contributed by atoms with Gasteiger partial charge in [0.1, 0.15) is 5.75 Å². The van der Waals surface area contributed by atoms with Gasteiger partial charge < -0.3 is 15.4 Å². The quantitative estimate of drug-likeness (QED) is 0.889. The van der Waals surface area contributed by atoms with Gasteiger partial charge in [0.15, 0.2) is 6.61 Å². The zero-order valence-corrected chi connectivity index (χ0v) is 14.3. The Kier molecular flexibility index (Phi) is 5.04. The fourth-order valence-corrected chi connectivity index (χ4v) is 3.46.